The first-order chi connectivity index (χ1) is 5.66. The van der Waals surface area contributed by atoms with Crippen LogP contribution in [0, 0.1) is 0 Å². The summed E-state index contributed by atoms with van der Waals surface area (Å²) in [6.07, 6.45) is 0. The predicted molar refractivity (Wildman–Crippen MR) is 44.6 cm³/mol. The summed E-state index contributed by atoms with van der Waals surface area (Å²) in [4.78, 5) is 10.6. The van der Waals surface area contributed by atoms with Gasteiger partial charge in [0.05, 0.1) is 11.3 Å². The molecule has 0 bridgehead atoms. The maximum atomic E-state index is 10.6. The van der Waals surface area contributed by atoms with Crippen molar-refractivity contribution >= 4 is 11.7 Å². The molecule has 1 aromatic carbocycles. The van der Waals surface area contributed by atoms with Crippen LogP contribution in [0.1, 0.15) is 10.4 Å². The van der Waals surface area contributed by atoms with Crippen molar-refractivity contribution < 1.29 is 15.0 Å². The number of nitrogens with one attached hydrogen (secondary N) is 1. The first-order valence-electron chi connectivity index (χ1n) is 3.40. The molecule has 0 aliphatic carbocycles. The van der Waals surface area contributed by atoms with Gasteiger partial charge in [0, 0.05) is 7.05 Å². The Labute approximate surface area is 69.5 Å². The smallest absolute Gasteiger partial charge is 0.337 e. The summed E-state index contributed by atoms with van der Waals surface area (Å²) in [6, 6.07) is 4.34. The van der Waals surface area contributed by atoms with Crippen LogP contribution in [0.25, 0.3) is 0 Å². The summed E-state index contributed by atoms with van der Waals surface area (Å²) >= 11 is 0. The fraction of sp³-hybridized carbons (Fsp3) is 0.125. The van der Waals surface area contributed by atoms with Crippen LogP contribution in [0.4, 0.5) is 5.69 Å². The van der Waals surface area contributed by atoms with E-state index in [4.69, 9.17) is 5.11 Å². The van der Waals surface area contributed by atoms with Gasteiger partial charge in [-0.05, 0) is 12.1 Å². The standard InChI is InChI=1S/C8H9NO3/c1-9-7-5(8(11)12)3-2-4-6(7)10/h2-4,9-10H,1H3,(H,11,12). The number of carboxylic acid groups (broad SMARTS) is 1. The van der Waals surface area contributed by atoms with Crippen LogP contribution in [0.3, 0.4) is 0 Å². The van der Waals surface area contributed by atoms with Gasteiger partial charge < -0.3 is 15.5 Å². The van der Waals surface area contributed by atoms with E-state index in [1.807, 2.05) is 0 Å². The van der Waals surface area contributed by atoms with E-state index in [2.05, 4.69) is 5.32 Å². The summed E-state index contributed by atoms with van der Waals surface area (Å²) in [6.45, 7) is 0. The van der Waals surface area contributed by atoms with Gasteiger partial charge >= 0.3 is 5.97 Å². The molecular formula is C8H9NO3. The van der Waals surface area contributed by atoms with Crippen molar-refractivity contribution in [2.24, 2.45) is 0 Å². The minimum absolute atomic E-state index is 0.0580. The molecular weight excluding hydrogens is 158 g/mol. The second kappa shape index (κ2) is 3.13. The third-order valence-corrected chi connectivity index (χ3v) is 1.52. The number of phenols is 1. The van der Waals surface area contributed by atoms with E-state index in [1.54, 1.807) is 7.05 Å². The zero-order valence-corrected chi connectivity index (χ0v) is 6.53. The Morgan fingerprint density at radius 3 is 2.58 bits per heavy atom. The van der Waals surface area contributed by atoms with E-state index in [0.29, 0.717) is 0 Å². The molecule has 0 atom stereocenters. The molecule has 0 unspecified atom stereocenters. The van der Waals surface area contributed by atoms with Crippen molar-refractivity contribution in [2.75, 3.05) is 12.4 Å². The number of aromatic carboxylic acids is 1. The Kier molecular flexibility index (Phi) is 2.19. The van der Waals surface area contributed by atoms with E-state index in [-0.39, 0.29) is 17.0 Å². The highest BCUT2D eigenvalue weighted by Gasteiger charge is 2.11. The van der Waals surface area contributed by atoms with Crippen LogP contribution in [0.15, 0.2) is 18.2 Å². The molecule has 12 heavy (non-hydrogen) atoms. The molecule has 0 saturated carbocycles. The highest BCUT2D eigenvalue weighted by atomic mass is 16.4. The van der Waals surface area contributed by atoms with E-state index in [1.165, 1.54) is 18.2 Å². The van der Waals surface area contributed by atoms with Crippen molar-refractivity contribution in [1.29, 1.82) is 0 Å². The number of carbonyl (C=O) groups is 1. The van der Waals surface area contributed by atoms with Gasteiger partial charge in [0.2, 0.25) is 0 Å². The number of hydrogen-bond donors (Lipinski definition) is 3. The third kappa shape index (κ3) is 1.32. The van der Waals surface area contributed by atoms with Gasteiger partial charge in [0.15, 0.2) is 0 Å². The van der Waals surface area contributed by atoms with Crippen molar-refractivity contribution in [3.05, 3.63) is 23.8 Å². The largest absolute Gasteiger partial charge is 0.506 e. The summed E-state index contributed by atoms with van der Waals surface area (Å²) in [7, 11) is 1.56. The van der Waals surface area contributed by atoms with E-state index in [0.717, 1.165) is 0 Å². The average Bonchev–Trinajstić information content (AvgIpc) is 2.03. The molecule has 0 aliphatic rings. The predicted octanol–water partition coefficient (Wildman–Crippen LogP) is 1.13. The third-order valence-electron chi connectivity index (χ3n) is 1.52. The van der Waals surface area contributed by atoms with E-state index < -0.39 is 5.97 Å². The summed E-state index contributed by atoms with van der Waals surface area (Å²) in [5.41, 5.74) is 0.308. The lowest BCUT2D eigenvalue weighted by Crippen LogP contribution is -2.02. The van der Waals surface area contributed by atoms with Gasteiger partial charge in [-0.25, -0.2) is 4.79 Å². The summed E-state index contributed by atoms with van der Waals surface area (Å²) < 4.78 is 0. The second-order valence-corrected chi connectivity index (χ2v) is 2.25. The normalized spacial score (nSPS) is 9.42. The lowest BCUT2D eigenvalue weighted by atomic mass is 10.1. The van der Waals surface area contributed by atoms with Crippen LogP contribution in [-0.2, 0) is 0 Å². The maximum Gasteiger partial charge on any atom is 0.337 e. The monoisotopic (exact) mass is 167 g/mol. The number of phenolic OH excluding ortho intramolecular Hbond substituents is 1. The average molecular weight is 167 g/mol. The van der Waals surface area contributed by atoms with Crippen molar-refractivity contribution in [1.82, 2.24) is 0 Å². The maximum absolute atomic E-state index is 10.6. The highest BCUT2D eigenvalue weighted by molar-refractivity contribution is 5.95. The number of benzene rings is 1. The van der Waals surface area contributed by atoms with Crippen LogP contribution in [0.2, 0.25) is 0 Å². The van der Waals surface area contributed by atoms with Crippen molar-refractivity contribution in [3.8, 4) is 5.75 Å². The highest BCUT2D eigenvalue weighted by Crippen LogP contribution is 2.26. The molecule has 0 spiro atoms. The first-order valence-corrected chi connectivity index (χ1v) is 3.40. The Bertz CT molecular complexity index is 309. The van der Waals surface area contributed by atoms with Crippen LogP contribution >= 0.6 is 0 Å². The Hall–Kier alpha value is -1.71. The van der Waals surface area contributed by atoms with Crippen molar-refractivity contribution in [2.45, 2.75) is 0 Å². The fourth-order valence-electron chi connectivity index (χ4n) is 0.981. The van der Waals surface area contributed by atoms with Gasteiger partial charge in [-0.3, -0.25) is 0 Å². The van der Waals surface area contributed by atoms with Gasteiger partial charge in [0.25, 0.3) is 0 Å². The number of aromatic hydroxyl groups is 1. The SMILES string of the molecule is CNc1c(O)cccc1C(=O)O. The molecule has 1 rings (SSSR count). The van der Waals surface area contributed by atoms with Gasteiger partial charge in [-0.2, -0.15) is 0 Å². The number of rotatable bonds is 2. The zero-order valence-electron chi connectivity index (χ0n) is 6.53. The lowest BCUT2D eigenvalue weighted by molar-refractivity contribution is 0.0697. The van der Waals surface area contributed by atoms with Crippen LogP contribution in [0.5, 0.6) is 5.75 Å². The topological polar surface area (TPSA) is 69.6 Å². The molecule has 0 fully saturated rings. The second-order valence-electron chi connectivity index (χ2n) is 2.25. The summed E-state index contributed by atoms with van der Waals surface area (Å²) in [5.74, 6) is -1.12. The molecule has 0 amide bonds. The Morgan fingerprint density at radius 1 is 1.50 bits per heavy atom. The molecule has 0 aromatic heterocycles. The fourth-order valence-corrected chi connectivity index (χ4v) is 0.981. The molecule has 4 nitrogen and oxygen atoms in total. The van der Waals surface area contributed by atoms with E-state index in [9.17, 15) is 9.90 Å². The molecule has 1 aromatic rings. The number of anilines is 1. The number of carboxylic acids is 1. The summed E-state index contributed by atoms with van der Waals surface area (Å²) in [5, 5.41) is 20.5. The van der Waals surface area contributed by atoms with Gasteiger partial charge in [-0.1, -0.05) is 6.07 Å². The molecule has 0 aliphatic heterocycles. The zero-order chi connectivity index (χ0) is 9.14. The molecule has 4 heteroatoms. The Morgan fingerprint density at radius 2 is 2.17 bits per heavy atom. The molecule has 0 heterocycles. The number of para-hydroxylation sites is 1. The Balaban J connectivity index is 3.27. The van der Waals surface area contributed by atoms with Gasteiger partial charge in [0.1, 0.15) is 5.75 Å². The first kappa shape index (κ1) is 8.39. The van der Waals surface area contributed by atoms with Crippen molar-refractivity contribution in [3.63, 3.8) is 0 Å². The minimum Gasteiger partial charge on any atom is -0.506 e. The molecule has 64 valence electrons. The quantitative estimate of drug-likeness (QED) is 0.577. The van der Waals surface area contributed by atoms with Gasteiger partial charge in [-0.15, -0.1) is 0 Å². The molecule has 0 saturated heterocycles. The van der Waals surface area contributed by atoms with Crippen LogP contribution in [-0.4, -0.2) is 23.2 Å². The minimum atomic E-state index is -1.06. The number of hydrogen-bond acceptors (Lipinski definition) is 3. The lowest BCUT2D eigenvalue weighted by Gasteiger charge is -2.06. The molecule has 0 radical (unpaired) electrons. The molecule has 3 N–H and O–H groups in total. The van der Waals surface area contributed by atoms with Crippen LogP contribution < -0.4 is 5.32 Å². The van der Waals surface area contributed by atoms with E-state index >= 15 is 0 Å².